The fourth-order valence-electron chi connectivity index (χ4n) is 4.18. The van der Waals surface area contributed by atoms with Crippen LogP contribution in [0.5, 0.6) is 0 Å². The largest absolute Gasteiger partial charge is 0.341 e. The van der Waals surface area contributed by atoms with Crippen molar-refractivity contribution in [2.24, 2.45) is 5.92 Å². The molecule has 0 aliphatic carbocycles. The number of amides is 1. The van der Waals surface area contributed by atoms with E-state index in [0.717, 1.165) is 77.1 Å². The molecule has 156 valence electrons. The average Bonchev–Trinajstić information content (AvgIpc) is 2.86. The monoisotopic (exact) mass is 388 g/mol. The highest BCUT2D eigenvalue weighted by Crippen LogP contribution is 2.20. The molecule has 3 heterocycles. The summed E-state index contributed by atoms with van der Waals surface area (Å²) < 4.78 is 1.77. The molecule has 2 aliphatic rings. The minimum absolute atomic E-state index is 0.0574. The molecule has 0 saturated carbocycles. The quantitative estimate of drug-likeness (QED) is 0.778. The first kappa shape index (κ1) is 21.0. The summed E-state index contributed by atoms with van der Waals surface area (Å²) in [6.07, 6.45) is 8.01. The highest BCUT2D eigenvalue weighted by atomic mass is 16.2. The molecule has 6 nitrogen and oxygen atoms in total. The SMILES string of the molecule is CC(C)(C)c1cc(=O)n(CC2CCN(CCN3CCCCCC3=O)CC2)cn1. The highest BCUT2D eigenvalue weighted by Gasteiger charge is 2.23. The second-order valence-electron chi connectivity index (χ2n) is 9.49. The molecule has 1 amide bonds. The summed E-state index contributed by atoms with van der Waals surface area (Å²) in [6.45, 7) is 11.9. The van der Waals surface area contributed by atoms with Crippen LogP contribution in [0.3, 0.4) is 0 Å². The van der Waals surface area contributed by atoms with Crippen molar-refractivity contribution in [3.8, 4) is 0 Å². The number of likely N-dealkylation sites (tertiary alicyclic amines) is 2. The Morgan fingerprint density at radius 2 is 1.79 bits per heavy atom. The van der Waals surface area contributed by atoms with Crippen LogP contribution in [-0.4, -0.2) is 58.0 Å². The zero-order valence-corrected chi connectivity index (χ0v) is 17.8. The minimum atomic E-state index is -0.0989. The molecule has 28 heavy (non-hydrogen) atoms. The normalized spacial score (nSPS) is 20.4. The molecular formula is C22H36N4O2. The lowest BCUT2D eigenvalue weighted by Crippen LogP contribution is -2.42. The summed E-state index contributed by atoms with van der Waals surface area (Å²) in [4.78, 5) is 33.6. The van der Waals surface area contributed by atoms with Gasteiger partial charge in [0, 0.05) is 44.1 Å². The molecule has 2 saturated heterocycles. The third-order valence-corrected chi connectivity index (χ3v) is 6.17. The first-order chi connectivity index (χ1) is 13.3. The van der Waals surface area contributed by atoms with Crippen molar-refractivity contribution in [2.45, 2.75) is 71.3 Å². The molecule has 0 bridgehead atoms. The summed E-state index contributed by atoms with van der Waals surface area (Å²) in [7, 11) is 0. The van der Waals surface area contributed by atoms with Crippen molar-refractivity contribution in [1.82, 2.24) is 19.4 Å². The molecular weight excluding hydrogens is 352 g/mol. The van der Waals surface area contributed by atoms with E-state index in [0.29, 0.717) is 11.8 Å². The Morgan fingerprint density at radius 3 is 2.46 bits per heavy atom. The van der Waals surface area contributed by atoms with Crippen LogP contribution in [0.2, 0.25) is 0 Å². The van der Waals surface area contributed by atoms with Gasteiger partial charge in [0.2, 0.25) is 5.91 Å². The van der Waals surface area contributed by atoms with E-state index in [-0.39, 0.29) is 11.0 Å². The van der Waals surface area contributed by atoms with Crippen LogP contribution in [0.1, 0.15) is 65.0 Å². The molecule has 0 radical (unpaired) electrons. The van der Waals surface area contributed by atoms with Crippen LogP contribution in [0.4, 0.5) is 0 Å². The van der Waals surface area contributed by atoms with E-state index in [4.69, 9.17) is 0 Å². The van der Waals surface area contributed by atoms with Gasteiger partial charge >= 0.3 is 0 Å². The van der Waals surface area contributed by atoms with Gasteiger partial charge in [-0.25, -0.2) is 4.98 Å². The third kappa shape index (κ3) is 5.66. The summed E-state index contributed by atoms with van der Waals surface area (Å²) in [5, 5.41) is 0. The number of rotatable bonds is 5. The van der Waals surface area contributed by atoms with Crippen LogP contribution >= 0.6 is 0 Å². The summed E-state index contributed by atoms with van der Waals surface area (Å²) in [6, 6.07) is 1.69. The zero-order chi connectivity index (χ0) is 20.1. The van der Waals surface area contributed by atoms with Gasteiger partial charge in [-0.2, -0.15) is 0 Å². The number of nitrogens with zero attached hydrogens (tertiary/aromatic N) is 4. The Hall–Kier alpha value is -1.69. The second-order valence-corrected chi connectivity index (χ2v) is 9.49. The van der Waals surface area contributed by atoms with Crippen LogP contribution in [0, 0.1) is 5.92 Å². The van der Waals surface area contributed by atoms with Gasteiger partial charge in [-0.15, -0.1) is 0 Å². The summed E-state index contributed by atoms with van der Waals surface area (Å²) >= 11 is 0. The van der Waals surface area contributed by atoms with Crippen LogP contribution < -0.4 is 5.56 Å². The maximum atomic E-state index is 12.4. The highest BCUT2D eigenvalue weighted by molar-refractivity contribution is 5.76. The molecule has 0 spiro atoms. The fourth-order valence-corrected chi connectivity index (χ4v) is 4.18. The number of carbonyl (C=O) groups is 1. The minimum Gasteiger partial charge on any atom is -0.341 e. The number of piperidine rings is 1. The fraction of sp³-hybridized carbons (Fsp3) is 0.773. The Bertz CT molecular complexity index is 714. The average molecular weight is 389 g/mol. The maximum absolute atomic E-state index is 12.4. The Balaban J connectivity index is 1.45. The van der Waals surface area contributed by atoms with E-state index in [1.54, 1.807) is 17.0 Å². The lowest BCUT2D eigenvalue weighted by atomic mass is 9.92. The van der Waals surface area contributed by atoms with Crippen molar-refractivity contribution in [2.75, 3.05) is 32.7 Å². The summed E-state index contributed by atoms with van der Waals surface area (Å²) in [5.41, 5.74) is 0.812. The molecule has 6 heteroatoms. The van der Waals surface area contributed by atoms with Crippen LogP contribution in [-0.2, 0) is 16.8 Å². The second kappa shape index (κ2) is 9.21. The Labute approximate surface area is 168 Å². The lowest BCUT2D eigenvalue weighted by Gasteiger charge is -2.33. The standard InChI is InChI=1S/C22H36N4O2/c1-22(2,3)19-15-21(28)26(17-23-19)16-18-8-11-24(12-9-18)13-14-25-10-6-4-5-7-20(25)27/h15,17-18H,4-14,16H2,1-3H3. The van der Waals surface area contributed by atoms with Crippen LogP contribution in [0.15, 0.2) is 17.2 Å². The number of aromatic nitrogens is 2. The van der Waals surface area contributed by atoms with E-state index in [1.807, 2.05) is 0 Å². The van der Waals surface area contributed by atoms with Crippen molar-refractivity contribution in [1.29, 1.82) is 0 Å². The number of hydrogen-bond donors (Lipinski definition) is 0. The van der Waals surface area contributed by atoms with E-state index in [2.05, 4.69) is 35.6 Å². The molecule has 1 aromatic heterocycles. The molecule has 1 aromatic rings. The maximum Gasteiger partial charge on any atom is 0.253 e. The van der Waals surface area contributed by atoms with Gasteiger partial charge in [-0.05, 0) is 44.7 Å². The third-order valence-electron chi connectivity index (χ3n) is 6.17. The van der Waals surface area contributed by atoms with Gasteiger partial charge in [-0.3, -0.25) is 14.2 Å². The van der Waals surface area contributed by atoms with Crippen LogP contribution in [0.25, 0.3) is 0 Å². The molecule has 2 aliphatic heterocycles. The van der Waals surface area contributed by atoms with Gasteiger partial charge in [0.05, 0.1) is 12.0 Å². The smallest absolute Gasteiger partial charge is 0.253 e. The number of hydrogen-bond acceptors (Lipinski definition) is 4. The van der Waals surface area contributed by atoms with E-state index < -0.39 is 0 Å². The molecule has 0 aromatic carbocycles. The van der Waals surface area contributed by atoms with Gasteiger partial charge in [0.25, 0.3) is 5.56 Å². The lowest BCUT2D eigenvalue weighted by molar-refractivity contribution is -0.130. The predicted octanol–water partition coefficient (Wildman–Crippen LogP) is 2.66. The Kier molecular flexibility index (Phi) is 6.91. The van der Waals surface area contributed by atoms with E-state index >= 15 is 0 Å². The van der Waals surface area contributed by atoms with Gasteiger partial charge in [-0.1, -0.05) is 27.2 Å². The van der Waals surface area contributed by atoms with Crippen molar-refractivity contribution in [3.63, 3.8) is 0 Å². The van der Waals surface area contributed by atoms with Crippen molar-refractivity contribution >= 4 is 5.91 Å². The first-order valence-corrected chi connectivity index (χ1v) is 10.9. The number of carbonyl (C=O) groups excluding carboxylic acids is 1. The van der Waals surface area contributed by atoms with Gasteiger partial charge in [0.1, 0.15) is 0 Å². The summed E-state index contributed by atoms with van der Waals surface area (Å²) in [5.74, 6) is 0.856. The van der Waals surface area contributed by atoms with Gasteiger partial charge < -0.3 is 9.80 Å². The molecule has 2 fully saturated rings. The Morgan fingerprint density at radius 1 is 1.04 bits per heavy atom. The van der Waals surface area contributed by atoms with E-state index in [9.17, 15) is 9.59 Å². The van der Waals surface area contributed by atoms with Crippen molar-refractivity contribution in [3.05, 3.63) is 28.4 Å². The molecule has 0 atom stereocenters. The zero-order valence-electron chi connectivity index (χ0n) is 17.8. The van der Waals surface area contributed by atoms with E-state index in [1.165, 1.54) is 6.42 Å². The topological polar surface area (TPSA) is 58.4 Å². The first-order valence-electron chi connectivity index (χ1n) is 10.9. The van der Waals surface area contributed by atoms with Gasteiger partial charge in [0.15, 0.2) is 0 Å². The molecule has 3 rings (SSSR count). The molecule has 0 unspecified atom stereocenters. The van der Waals surface area contributed by atoms with Crippen molar-refractivity contribution < 1.29 is 4.79 Å². The molecule has 0 N–H and O–H groups in total. The predicted molar refractivity (Wildman–Crippen MR) is 111 cm³/mol.